The molecular weight excluding hydrogens is 424 g/mol. The van der Waals surface area contributed by atoms with Gasteiger partial charge in [-0.25, -0.2) is 9.59 Å². The lowest BCUT2D eigenvalue weighted by molar-refractivity contribution is -0.0226. The number of benzene rings is 2. The quantitative estimate of drug-likeness (QED) is 0.514. The minimum Gasteiger partial charge on any atom is -0.444 e. The molecule has 1 N–H and O–H groups in total. The van der Waals surface area contributed by atoms with E-state index in [0.29, 0.717) is 13.1 Å². The molecule has 0 unspecified atom stereocenters. The third kappa shape index (κ3) is 4.39. The van der Waals surface area contributed by atoms with Gasteiger partial charge in [-0.15, -0.1) is 11.3 Å². The summed E-state index contributed by atoms with van der Waals surface area (Å²) in [6, 6.07) is 14.4. The van der Waals surface area contributed by atoms with Crippen molar-refractivity contribution in [2.45, 2.75) is 58.3 Å². The van der Waals surface area contributed by atoms with Crippen LogP contribution in [0.3, 0.4) is 0 Å². The molecule has 1 saturated heterocycles. The lowest BCUT2D eigenvalue weighted by atomic mass is 9.82. The van der Waals surface area contributed by atoms with Crippen molar-refractivity contribution in [1.29, 1.82) is 0 Å². The summed E-state index contributed by atoms with van der Waals surface area (Å²) in [5.74, 6) is 0. The molecule has 3 aromatic rings. The predicted octanol–water partition coefficient (Wildman–Crippen LogP) is 6.03. The van der Waals surface area contributed by atoms with Crippen molar-refractivity contribution in [3.8, 4) is 0 Å². The molecule has 170 valence electrons. The molecule has 1 fully saturated rings. The number of hydrogen-bond donors (Lipinski definition) is 1. The monoisotopic (exact) mass is 454 g/mol. The molecule has 0 bridgehead atoms. The van der Waals surface area contributed by atoms with Crippen LogP contribution in [0.25, 0.3) is 20.2 Å². The second kappa shape index (κ2) is 7.66. The maximum atomic E-state index is 12.8. The molecule has 2 heterocycles. The maximum Gasteiger partial charge on any atom is 0.410 e. The SMILES string of the molecule is CC(C)(C)OC(=O)NC1(c2cccc3c2sc2ccccc23)CN(C(=O)OC(C)(C)C)C1. The summed E-state index contributed by atoms with van der Waals surface area (Å²) in [6.45, 7) is 11.7. The molecule has 0 saturated carbocycles. The van der Waals surface area contributed by atoms with E-state index in [9.17, 15) is 9.59 Å². The smallest absolute Gasteiger partial charge is 0.410 e. The summed E-state index contributed by atoms with van der Waals surface area (Å²) >= 11 is 1.70. The molecule has 4 rings (SSSR count). The highest BCUT2D eigenvalue weighted by atomic mass is 32.1. The molecule has 0 aliphatic carbocycles. The average Bonchev–Trinajstić information content (AvgIpc) is 3.00. The Morgan fingerprint density at radius 3 is 2.19 bits per heavy atom. The number of ether oxygens (including phenoxy) is 2. The molecule has 0 atom stereocenters. The first-order chi connectivity index (χ1) is 14.9. The molecule has 32 heavy (non-hydrogen) atoms. The van der Waals surface area contributed by atoms with E-state index in [-0.39, 0.29) is 6.09 Å². The Bertz CT molecular complexity index is 1180. The van der Waals surface area contributed by atoms with Crippen LogP contribution in [0.1, 0.15) is 47.1 Å². The average molecular weight is 455 g/mol. The maximum absolute atomic E-state index is 12.8. The van der Waals surface area contributed by atoms with Crippen LogP contribution in [-0.4, -0.2) is 41.4 Å². The van der Waals surface area contributed by atoms with Gasteiger partial charge in [-0.1, -0.05) is 36.4 Å². The van der Waals surface area contributed by atoms with Crippen molar-refractivity contribution >= 4 is 43.7 Å². The van der Waals surface area contributed by atoms with Crippen LogP contribution in [0.2, 0.25) is 0 Å². The Labute approximate surface area is 192 Å². The Balaban J connectivity index is 1.72. The third-order valence-electron chi connectivity index (χ3n) is 5.23. The predicted molar refractivity (Wildman–Crippen MR) is 128 cm³/mol. The summed E-state index contributed by atoms with van der Waals surface area (Å²) in [4.78, 5) is 27.1. The fourth-order valence-electron chi connectivity index (χ4n) is 4.00. The number of rotatable bonds is 2. The highest BCUT2D eigenvalue weighted by Gasteiger charge is 2.50. The van der Waals surface area contributed by atoms with Crippen LogP contribution in [0.15, 0.2) is 42.5 Å². The number of alkyl carbamates (subject to hydrolysis) is 1. The van der Waals surface area contributed by atoms with Gasteiger partial charge in [0.1, 0.15) is 16.7 Å². The van der Waals surface area contributed by atoms with Gasteiger partial charge in [0, 0.05) is 20.2 Å². The molecule has 2 amide bonds. The molecule has 7 heteroatoms. The van der Waals surface area contributed by atoms with E-state index in [1.165, 1.54) is 10.1 Å². The Kier molecular flexibility index (Phi) is 5.36. The number of carbonyl (C=O) groups is 2. The van der Waals surface area contributed by atoms with E-state index >= 15 is 0 Å². The van der Waals surface area contributed by atoms with Crippen LogP contribution >= 0.6 is 11.3 Å². The number of carbonyl (C=O) groups excluding carboxylic acids is 2. The first-order valence-corrected chi connectivity index (χ1v) is 11.6. The molecule has 1 aliphatic heterocycles. The number of amides is 2. The fourth-order valence-corrected chi connectivity index (χ4v) is 5.32. The van der Waals surface area contributed by atoms with E-state index in [0.717, 1.165) is 15.6 Å². The normalized spacial score (nSPS) is 16.0. The van der Waals surface area contributed by atoms with E-state index in [2.05, 4.69) is 23.5 Å². The molecule has 0 spiro atoms. The number of thiophene rings is 1. The van der Waals surface area contributed by atoms with Gasteiger partial charge in [0.2, 0.25) is 0 Å². The zero-order chi connectivity index (χ0) is 23.3. The lowest BCUT2D eigenvalue weighted by Crippen LogP contribution is -2.69. The van der Waals surface area contributed by atoms with Gasteiger partial charge in [-0.3, -0.25) is 0 Å². The Morgan fingerprint density at radius 1 is 0.906 bits per heavy atom. The van der Waals surface area contributed by atoms with Crippen molar-refractivity contribution < 1.29 is 19.1 Å². The van der Waals surface area contributed by atoms with E-state index in [4.69, 9.17) is 9.47 Å². The van der Waals surface area contributed by atoms with Gasteiger partial charge < -0.3 is 19.7 Å². The molecule has 1 aliphatic rings. The summed E-state index contributed by atoms with van der Waals surface area (Å²) in [6.07, 6.45) is -0.887. The molecule has 1 aromatic heterocycles. The first kappa shape index (κ1) is 22.4. The zero-order valence-electron chi connectivity index (χ0n) is 19.4. The Hall–Kier alpha value is -2.80. The number of likely N-dealkylation sites (tertiary alicyclic amines) is 1. The van der Waals surface area contributed by atoms with Gasteiger partial charge in [-0.05, 0) is 53.2 Å². The molecule has 2 aromatic carbocycles. The number of fused-ring (bicyclic) bond motifs is 3. The molecule has 0 radical (unpaired) electrons. The van der Waals surface area contributed by atoms with Gasteiger partial charge in [-0.2, -0.15) is 0 Å². The van der Waals surface area contributed by atoms with Crippen LogP contribution in [-0.2, 0) is 15.0 Å². The van der Waals surface area contributed by atoms with Crippen LogP contribution in [0.5, 0.6) is 0 Å². The zero-order valence-corrected chi connectivity index (χ0v) is 20.3. The van der Waals surface area contributed by atoms with E-state index in [1.807, 2.05) is 65.8 Å². The van der Waals surface area contributed by atoms with Crippen molar-refractivity contribution in [2.75, 3.05) is 13.1 Å². The van der Waals surface area contributed by atoms with Gasteiger partial charge >= 0.3 is 12.2 Å². The number of nitrogens with one attached hydrogen (secondary N) is 1. The van der Waals surface area contributed by atoms with Crippen molar-refractivity contribution in [3.63, 3.8) is 0 Å². The summed E-state index contributed by atoms with van der Waals surface area (Å²) in [5.41, 5.74) is -0.968. The van der Waals surface area contributed by atoms with Crippen molar-refractivity contribution in [1.82, 2.24) is 10.2 Å². The van der Waals surface area contributed by atoms with Crippen molar-refractivity contribution in [2.24, 2.45) is 0 Å². The standard InChI is InChI=1S/C25H30N2O4S/c1-23(2,3)30-21(28)26-25(14-27(15-25)22(29)31-24(4,5)6)18-12-9-11-17-16-10-7-8-13-19(16)32-20(17)18/h7-13H,14-15H2,1-6H3,(H,26,28). The number of hydrogen-bond acceptors (Lipinski definition) is 5. The summed E-state index contributed by atoms with van der Waals surface area (Å²) in [7, 11) is 0. The molecular formula is C25H30N2O4S. The van der Waals surface area contributed by atoms with Crippen LogP contribution in [0, 0.1) is 0 Å². The van der Waals surface area contributed by atoms with E-state index in [1.54, 1.807) is 16.2 Å². The fraction of sp³-hybridized carbons (Fsp3) is 0.440. The summed E-state index contributed by atoms with van der Waals surface area (Å²) < 4.78 is 13.4. The second-order valence-electron chi connectivity index (χ2n) is 10.3. The minimum atomic E-state index is -0.750. The third-order valence-corrected chi connectivity index (χ3v) is 6.45. The topological polar surface area (TPSA) is 67.9 Å². The van der Waals surface area contributed by atoms with Crippen LogP contribution in [0.4, 0.5) is 9.59 Å². The van der Waals surface area contributed by atoms with Gasteiger partial charge in [0.25, 0.3) is 0 Å². The highest BCUT2D eigenvalue weighted by Crippen LogP contribution is 2.43. The largest absolute Gasteiger partial charge is 0.444 e. The van der Waals surface area contributed by atoms with Crippen LogP contribution < -0.4 is 5.32 Å². The highest BCUT2D eigenvalue weighted by molar-refractivity contribution is 7.26. The van der Waals surface area contributed by atoms with E-state index < -0.39 is 22.8 Å². The van der Waals surface area contributed by atoms with Gasteiger partial charge in [0.15, 0.2) is 0 Å². The second-order valence-corrected chi connectivity index (χ2v) is 11.4. The van der Waals surface area contributed by atoms with Crippen molar-refractivity contribution in [3.05, 3.63) is 48.0 Å². The first-order valence-electron chi connectivity index (χ1n) is 10.8. The van der Waals surface area contributed by atoms with Gasteiger partial charge in [0.05, 0.1) is 13.1 Å². The lowest BCUT2D eigenvalue weighted by Gasteiger charge is -2.50. The molecule has 6 nitrogen and oxygen atoms in total. The minimum absolute atomic E-state index is 0.314. The Morgan fingerprint density at radius 2 is 1.53 bits per heavy atom. The number of nitrogens with zero attached hydrogens (tertiary/aromatic N) is 1. The summed E-state index contributed by atoms with van der Waals surface area (Å²) in [5, 5.41) is 5.41.